The van der Waals surface area contributed by atoms with E-state index in [9.17, 15) is 5.26 Å². The lowest BCUT2D eigenvalue weighted by molar-refractivity contribution is 0.313. The van der Waals surface area contributed by atoms with Gasteiger partial charge in [-0.2, -0.15) is 5.26 Å². The van der Waals surface area contributed by atoms with E-state index in [1.807, 2.05) is 18.2 Å². The van der Waals surface area contributed by atoms with Crippen molar-refractivity contribution >= 4 is 5.69 Å². The first-order chi connectivity index (χ1) is 9.55. The number of nitriles is 1. The largest absolute Gasteiger partial charge is 0.495 e. The summed E-state index contributed by atoms with van der Waals surface area (Å²) in [5.41, 5.74) is 1.95. The molecule has 20 heavy (non-hydrogen) atoms. The van der Waals surface area contributed by atoms with Crippen molar-refractivity contribution in [2.75, 3.05) is 12.4 Å². The fourth-order valence-electron chi connectivity index (χ4n) is 2.95. The van der Waals surface area contributed by atoms with E-state index < -0.39 is 0 Å². The Kier molecular flexibility index (Phi) is 4.54. The predicted molar refractivity (Wildman–Crippen MR) is 82.0 cm³/mol. The number of benzene rings is 1. The van der Waals surface area contributed by atoms with E-state index >= 15 is 0 Å². The number of methoxy groups -OCH3 is 1. The van der Waals surface area contributed by atoms with E-state index in [0.29, 0.717) is 17.0 Å². The zero-order valence-corrected chi connectivity index (χ0v) is 12.7. The van der Waals surface area contributed by atoms with Gasteiger partial charge in [0, 0.05) is 6.04 Å². The second-order valence-electron chi connectivity index (χ2n) is 6.43. The molecule has 0 radical (unpaired) electrons. The summed E-state index contributed by atoms with van der Waals surface area (Å²) in [6.07, 6.45) is 6.05. The van der Waals surface area contributed by atoms with Crippen molar-refractivity contribution in [1.29, 1.82) is 5.26 Å². The molecule has 1 aromatic rings. The number of anilines is 1. The Labute approximate surface area is 121 Å². The molecule has 1 N–H and O–H groups in total. The Balaban J connectivity index is 2.16. The lowest BCUT2D eigenvalue weighted by atomic mass is 9.85. The minimum Gasteiger partial charge on any atom is -0.495 e. The Morgan fingerprint density at radius 1 is 1.30 bits per heavy atom. The monoisotopic (exact) mass is 272 g/mol. The average molecular weight is 272 g/mol. The van der Waals surface area contributed by atoms with Gasteiger partial charge in [0.2, 0.25) is 0 Å². The van der Waals surface area contributed by atoms with Gasteiger partial charge >= 0.3 is 0 Å². The minimum atomic E-state index is 0.431. The maximum absolute atomic E-state index is 9.26. The zero-order chi connectivity index (χ0) is 14.6. The molecule has 0 aliphatic heterocycles. The SMILES string of the molecule is COc1cccc(C#N)c1NC1CCCC(C)(C)CC1. The van der Waals surface area contributed by atoms with Crippen LogP contribution in [0.5, 0.6) is 5.75 Å². The van der Waals surface area contributed by atoms with Gasteiger partial charge in [-0.3, -0.25) is 0 Å². The van der Waals surface area contributed by atoms with E-state index in [-0.39, 0.29) is 0 Å². The number of para-hydroxylation sites is 1. The molecule has 1 aliphatic carbocycles. The van der Waals surface area contributed by atoms with Crippen molar-refractivity contribution in [3.05, 3.63) is 23.8 Å². The molecule has 3 heteroatoms. The van der Waals surface area contributed by atoms with Crippen LogP contribution >= 0.6 is 0 Å². The van der Waals surface area contributed by atoms with Gasteiger partial charge in [0.05, 0.1) is 18.4 Å². The molecular weight excluding hydrogens is 248 g/mol. The highest BCUT2D eigenvalue weighted by atomic mass is 16.5. The van der Waals surface area contributed by atoms with Gasteiger partial charge < -0.3 is 10.1 Å². The molecule has 1 aromatic carbocycles. The quantitative estimate of drug-likeness (QED) is 0.833. The van der Waals surface area contributed by atoms with Crippen molar-refractivity contribution in [1.82, 2.24) is 0 Å². The number of ether oxygens (including phenoxy) is 1. The van der Waals surface area contributed by atoms with Crippen LogP contribution in [0.1, 0.15) is 51.5 Å². The van der Waals surface area contributed by atoms with Gasteiger partial charge in [0.1, 0.15) is 11.8 Å². The van der Waals surface area contributed by atoms with Crippen molar-refractivity contribution < 1.29 is 4.74 Å². The second-order valence-corrected chi connectivity index (χ2v) is 6.43. The Bertz CT molecular complexity index is 502. The molecule has 0 spiro atoms. The van der Waals surface area contributed by atoms with Crippen LogP contribution < -0.4 is 10.1 Å². The first-order valence-electron chi connectivity index (χ1n) is 7.39. The van der Waals surface area contributed by atoms with Crippen LogP contribution in [0, 0.1) is 16.7 Å². The Morgan fingerprint density at radius 2 is 2.10 bits per heavy atom. The van der Waals surface area contributed by atoms with Crippen LogP contribution in [-0.4, -0.2) is 13.2 Å². The summed E-state index contributed by atoms with van der Waals surface area (Å²) in [6.45, 7) is 4.69. The minimum absolute atomic E-state index is 0.431. The van der Waals surface area contributed by atoms with E-state index in [2.05, 4.69) is 25.2 Å². The summed E-state index contributed by atoms with van der Waals surface area (Å²) in [6, 6.07) is 8.29. The topological polar surface area (TPSA) is 45.0 Å². The molecule has 1 fully saturated rings. The van der Waals surface area contributed by atoms with Crippen LogP contribution in [-0.2, 0) is 0 Å². The van der Waals surface area contributed by atoms with E-state index in [1.54, 1.807) is 7.11 Å². The molecule has 2 rings (SSSR count). The van der Waals surface area contributed by atoms with Crippen LogP contribution in [0.25, 0.3) is 0 Å². The highest BCUT2D eigenvalue weighted by Crippen LogP contribution is 2.36. The summed E-state index contributed by atoms with van der Waals surface area (Å²) in [5, 5.41) is 12.8. The number of hydrogen-bond donors (Lipinski definition) is 1. The fourth-order valence-corrected chi connectivity index (χ4v) is 2.95. The van der Waals surface area contributed by atoms with E-state index in [4.69, 9.17) is 4.74 Å². The molecule has 0 bridgehead atoms. The van der Waals surface area contributed by atoms with Crippen molar-refractivity contribution in [3.8, 4) is 11.8 Å². The fraction of sp³-hybridized carbons (Fsp3) is 0.588. The molecular formula is C17H24N2O. The normalized spacial score (nSPS) is 21.6. The first kappa shape index (κ1) is 14.7. The van der Waals surface area contributed by atoms with E-state index in [0.717, 1.165) is 24.3 Å². The third-order valence-corrected chi connectivity index (χ3v) is 4.29. The van der Waals surface area contributed by atoms with Crippen molar-refractivity contribution in [3.63, 3.8) is 0 Å². The van der Waals surface area contributed by atoms with Crippen LogP contribution in [0.2, 0.25) is 0 Å². The lowest BCUT2D eigenvalue weighted by Gasteiger charge is -2.23. The maximum atomic E-state index is 9.26. The number of hydrogen-bond acceptors (Lipinski definition) is 3. The number of nitrogens with zero attached hydrogens (tertiary/aromatic N) is 1. The highest BCUT2D eigenvalue weighted by molar-refractivity contribution is 5.66. The maximum Gasteiger partial charge on any atom is 0.143 e. The van der Waals surface area contributed by atoms with Gasteiger partial charge in [-0.05, 0) is 43.2 Å². The van der Waals surface area contributed by atoms with Gasteiger partial charge in [0.15, 0.2) is 0 Å². The Hall–Kier alpha value is -1.69. The summed E-state index contributed by atoms with van der Waals surface area (Å²) in [7, 11) is 1.65. The third kappa shape index (κ3) is 3.45. The van der Waals surface area contributed by atoms with Crippen LogP contribution in [0.3, 0.4) is 0 Å². The molecule has 1 unspecified atom stereocenters. The third-order valence-electron chi connectivity index (χ3n) is 4.29. The predicted octanol–water partition coefficient (Wildman–Crippen LogP) is 4.34. The van der Waals surface area contributed by atoms with Crippen molar-refractivity contribution in [2.45, 2.75) is 52.0 Å². The summed E-state index contributed by atoms with van der Waals surface area (Å²) in [4.78, 5) is 0. The highest BCUT2D eigenvalue weighted by Gasteiger charge is 2.25. The average Bonchev–Trinajstić information content (AvgIpc) is 2.60. The molecule has 1 saturated carbocycles. The van der Waals surface area contributed by atoms with Crippen LogP contribution in [0.15, 0.2) is 18.2 Å². The first-order valence-corrected chi connectivity index (χ1v) is 7.39. The summed E-state index contributed by atoms with van der Waals surface area (Å²) < 4.78 is 5.39. The molecule has 0 heterocycles. The standard InChI is InChI=1S/C17H24N2O/c1-17(2)10-5-7-14(9-11-17)19-16-13(12-18)6-4-8-15(16)20-3/h4,6,8,14,19H,5,7,9-11H2,1-3H3. The zero-order valence-electron chi connectivity index (χ0n) is 12.7. The van der Waals surface area contributed by atoms with E-state index in [1.165, 1.54) is 19.3 Å². The molecule has 3 nitrogen and oxygen atoms in total. The lowest BCUT2D eigenvalue weighted by Crippen LogP contribution is -2.20. The molecule has 0 amide bonds. The van der Waals surface area contributed by atoms with Gasteiger partial charge in [0.25, 0.3) is 0 Å². The molecule has 1 atom stereocenters. The van der Waals surface area contributed by atoms with Crippen LogP contribution in [0.4, 0.5) is 5.69 Å². The molecule has 0 saturated heterocycles. The smallest absolute Gasteiger partial charge is 0.143 e. The summed E-state index contributed by atoms with van der Waals surface area (Å²) in [5.74, 6) is 0.757. The van der Waals surface area contributed by atoms with Gasteiger partial charge in [-0.15, -0.1) is 0 Å². The van der Waals surface area contributed by atoms with Crippen molar-refractivity contribution in [2.24, 2.45) is 5.41 Å². The van der Waals surface area contributed by atoms with Gasteiger partial charge in [-0.25, -0.2) is 0 Å². The molecule has 108 valence electrons. The van der Waals surface area contributed by atoms with Gasteiger partial charge in [-0.1, -0.05) is 26.3 Å². The number of rotatable bonds is 3. The molecule has 1 aliphatic rings. The number of nitrogens with one attached hydrogen (secondary N) is 1. The molecule has 0 aromatic heterocycles. The summed E-state index contributed by atoms with van der Waals surface area (Å²) >= 11 is 0. The Morgan fingerprint density at radius 3 is 2.80 bits per heavy atom. The second kappa shape index (κ2) is 6.17.